The summed E-state index contributed by atoms with van der Waals surface area (Å²) >= 11 is 0. The van der Waals surface area contributed by atoms with Gasteiger partial charge in [-0.25, -0.2) is 4.39 Å². The van der Waals surface area contributed by atoms with Gasteiger partial charge in [-0.05, 0) is 66.9 Å². The lowest BCUT2D eigenvalue weighted by atomic mass is 10.0. The molecule has 0 spiro atoms. The molecule has 2 aromatic carbocycles. The predicted molar refractivity (Wildman–Crippen MR) is 147 cm³/mol. The highest BCUT2D eigenvalue weighted by Crippen LogP contribution is 2.21. The number of ether oxygens (including phenoxy) is 1. The summed E-state index contributed by atoms with van der Waals surface area (Å²) in [7, 11) is 0. The minimum Gasteiger partial charge on any atom is -0.490 e. The van der Waals surface area contributed by atoms with Crippen molar-refractivity contribution in [3.63, 3.8) is 0 Å². The second kappa shape index (κ2) is 12.7. The van der Waals surface area contributed by atoms with E-state index in [0.717, 1.165) is 43.8 Å². The summed E-state index contributed by atoms with van der Waals surface area (Å²) in [6.45, 7) is 3.60. The quantitative estimate of drug-likeness (QED) is 0.482. The number of piperidine rings is 2. The van der Waals surface area contributed by atoms with Crippen molar-refractivity contribution in [3.8, 4) is 11.8 Å². The van der Waals surface area contributed by atoms with E-state index >= 15 is 0 Å². The maximum atomic E-state index is 13.1. The molecule has 8 nitrogen and oxygen atoms in total. The Bertz CT molecular complexity index is 1340. The third-order valence-corrected chi connectivity index (χ3v) is 7.50. The van der Waals surface area contributed by atoms with Gasteiger partial charge >= 0.3 is 0 Å². The summed E-state index contributed by atoms with van der Waals surface area (Å²) < 4.78 is 19.1. The molecular formula is C31H32FN5O3. The number of hydrogen-bond acceptors (Lipinski definition) is 6. The molecule has 0 saturated carbocycles. The number of benzene rings is 2. The van der Waals surface area contributed by atoms with Crippen LogP contribution in [0.25, 0.3) is 0 Å². The van der Waals surface area contributed by atoms with Crippen molar-refractivity contribution in [2.75, 3.05) is 26.2 Å². The molecule has 2 aliphatic rings. The number of carbonyl (C=O) groups is 2. The molecule has 2 fully saturated rings. The number of amides is 2. The van der Waals surface area contributed by atoms with Crippen molar-refractivity contribution in [1.29, 1.82) is 5.26 Å². The van der Waals surface area contributed by atoms with E-state index in [-0.39, 0.29) is 29.8 Å². The number of pyridine rings is 1. The van der Waals surface area contributed by atoms with Crippen LogP contribution in [-0.4, -0.2) is 64.9 Å². The molecule has 0 atom stereocenters. The zero-order chi connectivity index (χ0) is 27.9. The number of halogens is 1. The van der Waals surface area contributed by atoms with Crippen molar-refractivity contribution in [2.45, 2.75) is 44.4 Å². The van der Waals surface area contributed by atoms with Gasteiger partial charge in [0.1, 0.15) is 23.4 Å². The van der Waals surface area contributed by atoms with Crippen molar-refractivity contribution < 1.29 is 18.7 Å². The second-order valence-electron chi connectivity index (χ2n) is 10.3. The molecule has 0 bridgehead atoms. The maximum Gasteiger partial charge on any atom is 0.270 e. The SMILES string of the molecule is N#Cc1ccc(OC2CCN(C(=O)c3ccc(C(=O)NC4CCN(Cc5ccc(F)cc5)CC4)nc3)CC2)cc1. The minimum absolute atomic E-state index is 0.0101. The molecule has 9 heteroatoms. The number of hydrogen-bond donors (Lipinski definition) is 1. The van der Waals surface area contributed by atoms with Crippen LogP contribution in [0.4, 0.5) is 4.39 Å². The minimum atomic E-state index is -0.239. The lowest BCUT2D eigenvalue weighted by molar-refractivity contribution is 0.0594. The molecule has 3 aromatic rings. The van der Waals surface area contributed by atoms with Crippen LogP contribution in [0.15, 0.2) is 66.9 Å². The van der Waals surface area contributed by atoms with Crippen LogP contribution in [0.3, 0.4) is 0 Å². The Morgan fingerprint density at radius 2 is 1.65 bits per heavy atom. The lowest BCUT2D eigenvalue weighted by Crippen LogP contribution is -2.44. The summed E-state index contributed by atoms with van der Waals surface area (Å²) in [4.78, 5) is 34.1. The Hall–Kier alpha value is -4.29. The van der Waals surface area contributed by atoms with Gasteiger partial charge in [0, 0.05) is 57.8 Å². The van der Waals surface area contributed by atoms with Gasteiger partial charge in [-0.3, -0.25) is 19.5 Å². The highest BCUT2D eigenvalue weighted by Gasteiger charge is 2.26. The molecule has 206 valence electrons. The Labute approximate surface area is 233 Å². The molecule has 1 N–H and O–H groups in total. The third-order valence-electron chi connectivity index (χ3n) is 7.50. The van der Waals surface area contributed by atoms with Crippen LogP contribution in [-0.2, 0) is 6.54 Å². The fraction of sp³-hybridized carbons (Fsp3) is 0.355. The first kappa shape index (κ1) is 27.3. The zero-order valence-electron chi connectivity index (χ0n) is 22.3. The monoisotopic (exact) mass is 541 g/mol. The van der Waals surface area contributed by atoms with Gasteiger partial charge in [0.05, 0.1) is 17.2 Å². The van der Waals surface area contributed by atoms with Gasteiger partial charge in [0.25, 0.3) is 11.8 Å². The molecule has 0 radical (unpaired) electrons. The number of nitrogens with one attached hydrogen (secondary N) is 1. The summed E-state index contributed by atoms with van der Waals surface area (Å²) in [6.07, 6.45) is 4.56. The summed E-state index contributed by atoms with van der Waals surface area (Å²) in [5.41, 5.74) is 2.41. The number of carbonyl (C=O) groups excluding carboxylic acids is 2. The molecule has 2 amide bonds. The molecule has 40 heavy (non-hydrogen) atoms. The maximum absolute atomic E-state index is 13.1. The van der Waals surface area contributed by atoms with E-state index in [2.05, 4.69) is 21.3 Å². The Kier molecular flexibility index (Phi) is 8.67. The number of aromatic nitrogens is 1. The van der Waals surface area contributed by atoms with Crippen LogP contribution in [0.2, 0.25) is 0 Å². The second-order valence-corrected chi connectivity index (χ2v) is 10.3. The van der Waals surface area contributed by atoms with Gasteiger partial charge < -0.3 is 15.0 Å². The topological polar surface area (TPSA) is 98.6 Å². The molecule has 1 aromatic heterocycles. The van der Waals surface area contributed by atoms with Crippen LogP contribution < -0.4 is 10.1 Å². The van der Waals surface area contributed by atoms with E-state index < -0.39 is 0 Å². The van der Waals surface area contributed by atoms with E-state index in [9.17, 15) is 14.0 Å². The lowest BCUT2D eigenvalue weighted by Gasteiger charge is -2.32. The zero-order valence-corrected chi connectivity index (χ0v) is 22.3. The molecule has 5 rings (SSSR count). The molecule has 2 saturated heterocycles. The first-order valence-corrected chi connectivity index (χ1v) is 13.7. The van der Waals surface area contributed by atoms with E-state index in [0.29, 0.717) is 42.8 Å². The van der Waals surface area contributed by atoms with E-state index in [1.54, 1.807) is 53.4 Å². The van der Waals surface area contributed by atoms with Crippen molar-refractivity contribution in [1.82, 2.24) is 20.1 Å². The van der Waals surface area contributed by atoms with Crippen LogP contribution in [0, 0.1) is 17.1 Å². The number of likely N-dealkylation sites (tertiary alicyclic amines) is 2. The van der Waals surface area contributed by atoms with E-state index in [4.69, 9.17) is 10.00 Å². The van der Waals surface area contributed by atoms with Gasteiger partial charge in [0.15, 0.2) is 0 Å². The van der Waals surface area contributed by atoms with Crippen LogP contribution >= 0.6 is 0 Å². The Morgan fingerprint density at radius 3 is 2.27 bits per heavy atom. The van der Waals surface area contributed by atoms with Crippen molar-refractivity contribution in [3.05, 3.63) is 95.1 Å². The van der Waals surface area contributed by atoms with Gasteiger partial charge in [-0.15, -0.1) is 0 Å². The average Bonchev–Trinajstić information content (AvgIpc) is 3.00. The number of rotatable bonds is 7. The van der Waals surface area contributed by atoms with Crippen LogP contribution in [0.1, 0.15) is 57.7 Å². The fourth-order valence-corrected chi connectivity index (χ4v) is 5.16. The summed E-state index contributed by atoms with van der Waals surface area (Å²) in [5.74, 6) is 0.141. The number of nitriles is 1. The first-order valence-electron chi connectivity index (χ1n) is 13.7. The van der Waals surface area contributed by atoms with Crippen molar-refractivity contribution >= 4 is 11.8 Å². The van der Waals surface area contributed by atoms with Gasteiger partial charge in [0.2, 0.25) is 0 Å². The Morgan fingerprint density at radius 1 is 0.950 bits per heavy atom. The predicted octanol–water partition coefficient (Wildman–Crippen LogP) is 4.17. The smallest absolute Gasteiger partial charge is 0.270 e. The summed E-state index contributed by atoms with van der Waals surface area (Å²) in [5, 5.41) is 12.0. The molecular weight excluding hydrogens is 509 g/mol. The summed E-state index contributed by atoms with van der Waals surface area (Å²) in [6, 6.07) is 19.0. The average molecular weight is 542 g/mol. The van der Waals surface area contributed by atoms with E-state index in [1.807, 2.05) is 0 Å². The van der Waals surface area contributed by atoms with Gasteiger partial charge in [-0.1, -0.05) is 12.1 Å². The molecule has 3 heterocycles. The standard InChI is InChI=1S/C31H32FN5O3/c32-25-6-1-23(2-7-25)21-36-15-11-26(12-16-36)35-30(38)29-10-5-24(20-34-29)31(39)37-17-13-28(14-18-37)40-27-8-3-22(19-33)4-9-27/h1-10,20,26,28H,11-18,21H2,(H,35,38). The van der Waals surface area contributed by atoms with Crippen molar-refractivity contribution in [2.24, 2.45) is 0 Å². The van der Waals surface area contributed by atoms with Crippen LogP contribution in [0.5, 0.6) is 5.75 Å². The van der Waals surface area contributed by atoms with E-state index in [1.165, 1.54) is 18.3 Å². The Balaban J connectivity index is 1.05. The number of nitrogens with zero attached hydrogens (tertiary/aromatic N) is 4. The first-order chi connectivity index (χ1) is 19.5. The largest absolute Gasteiger partial charge is 0.490 e. The molecule has 2 aliphatic heterocycles. The van der Waals surface area contributed by atoms with Gasteiger partial charge in [-0.2, -0.15) is 5.26 Å². The highest BCUT2D eigenvalue weighted by molar-refractivity contribution is 5.96. The fourth-order valence-electron chi connectivity index (χ4n) is 5.16. The molecule has 0 unspecified atom stereocenters. The molecule has 0 aliphatic carbocycles. The highest BCUT2D eigenvalue weighted by atomic mass is 19.1. The normalized spacial score (nSPS) is 16.8. The third kappa shape index (κ3) is 7.01.